The van der Waals surface area contributed by atoms with Crippen molar-refractivity contribution < 1.29 is 0 Å². The monoisotopic (exact) mass is 187 g/mol. The van der Waals surface area contributed by atoms with Crippen LogP contribution >= 0.6 is 0 Å². The van der Waals surface area contributed by atoms with E-state index in [-0.39, 0.29) is 0 Å². The van der Waals surface area contributed by atoms with Crippen LogP contribution in [0.25, 0.3) is 0 Å². The standard InChI is InChI=1S/C11H13N3/c1-3-8-12-10(4-2)14-11-7-5-6-9-13-11/h3-9H,1H2,2H3,(H,13,14)/b10-4+,12-8?. The molecule has 0 aliphatic heterocycles. The molecule has 0 aromatic carbocycles. The lowest BCUT2D eigenvalue weighted by Gasteiger charge is -2.03. The molecule has 0 atom stereocenters. The Morgan fingerprint density at radius 2 is 2.43 bits per heavy atom. The summed E-state index contributed by atoms with van der Waals surface area (Å²) < 4.78 is 0. The third kappa shape index (κ3) is 3.23. The van der Waals surface area contributed by atoms with Crippen molar-refractivity contribution in [2.45, 2.75) is 6.92 Å². The van der Waals surface area contributed by atoms with E-state index >= 15 is 0 Å². The molecule has 1 N–H and O–H groups in total. The third-order valence-electron chi connectivity index (χ3n) is 1.51. The number of pyridine rings is 1. The number of hydrogen-bond donors (Lipinski definition) is 1. The lowest BCUT2D eigenvalue weighted by atomic mass is 10.4. The fourth-order valence-electron chi connectivity index (χ4n) is 0.880. The Bertz CT molecular complexity index is 339. The highest BCUT2D eigenvalue weighted by Crippen LogP contribution is 2.05. The average molecular weight is 187 g/mol. The second-order valence-corrected chi connectivity index (χ2v) is 2.53. The van der Waals surface area contributed by atoms with E-state index in [4.69, 9.17) is 0 Å². The molecule has 3 heteroatoms. The molecule has 0 unspecified atom stereocenters. The van der Waals surface area contributed by atoms with Gasteiger partial charge in [0.05, 0.1) is 0 Å². The zero-order valence-electron chi connectivity index (χ0n) is 8.14. The van der Waals surface area contributed by atoms with Gasteiger partial charge in [-0.05, 0) is 25.1 Å². The van der Waals surface area contributed by atoms with Gasteiger partial charge < -0.3 is 5.32 Å². The summed E-state index contributed by atoms with van der Waals surface area (Å²) in [4.78, 5) is 8.25. The van der Waals surface area contributed by atoms with Gasteiger partial charge in [0.2, 0.25) is 0 Å². The molecule has 0 spiro atoms. The van der Waals surface area contributed by atoms with E-state index in [1.54, 1.807) is 18.5 Å². The van der Waals surface area contributed by atoms with Crippen LogP contribution in [0.2, 0.25) is 0 Å². The predicted molar refractivity (Wildman–Crippen MR) is 60.3 cm³/mol. The highest BCUT2D eigenvalue weighted by atomic mass is 15.1. The number of aromatic nitrogens is 1. The zero-order chi connectivity index (χ0) is 10.2. The van der Waals surface area contributed by atoms with Gasteiger partial charge in [-0.3, -0.25) is 0 Å². The van der Waals surface area contributed by atoms with Gasteiger partial charge in [0, 0.05) is 12.4 Å². The van der Waals surface area contributed by atoms with E-state index < -0.39 is 0 Å². The summed E-state index contributed by atoms with van der Waals surface area (Å²) in [7, 11) is 0. The van der Waals surface area contributed by atoms with E-state index in [1.807, 2.05) is 31.2 Å². The number of nitrogens with zero attached hydrogens (tertiary/aromatic N) is 2. The topological polar surface area (TPSA) is 37.3 Å². The first-order chi connectivity index (χ1) is 6.86. The Morgan fingerprint density at radius 3 is 3.00 bits per heavy atom. The molecule has 3 nitrogen and oxygen atoms in total. The van der Waals surface area contributed by atoms with Gasteiger partial charge in [0.15, 0.2) is 0 Å². The SMILES string of the molecule is C=CC=N/C(=C\C)Nc1ccccn1. The molecule has 1 heterocycles. The number of allylic oxidation sites excluding steroid dienone is 2. The Morgan fingerprint density at radius 1 is 1.57 bits per heavy atom. The van der Waals surface area contributed by atoms with Crippen LogP contribution in [0.4, 0.5) is 5.82 Å². The first kappa shape index (κ1) is 10.2. The Labute approximate surface area is 83.9 Å². The lowest BCUT2D eigenvalue weighted by Crippen LogP contribution is -1.98. The van der Waals surface area contributed by atoms with Crippen LogP contribution in [0.3, 0.4) is 0 Å². The van der Waals surface area contributed by atoms with Crippen LogP contribution in [0.5, 0.6) is 0 Å². The van der Waals surface area contributed by atoms with E-state index in [2.05, 4.69) is 21.9 Å². The summed E-state index contributed by atoms with van der Waals surface area (Å²) >= 11 is 0. The summed E-state index contributed by atoms with van der Waals surface area (Å²) in [5.74, 6) is 1.53. The van der Waals surface area contributed by atoms with Crippen molar-refractivity contribution in [2.75, 3.05) is 5.32 Å². The van der Waals surface area contributed by atoms with Crippen LogP contribution in [-0.4, -0.2) is 11.2 Å². The molecule has 0 saturated heterocycles. The van der Waals surface area contributed by atoms with Crippen LogP contribution < -0.4 is 5.32 Å². The van der Waals surface area contributed by atoms with Crippen LogP contribution in [0, 0.1) is 0 Å². The number of rotatable bonds is 4. The molecule has 0 amide bonds. The van der Waals surface area contributed by atoms with Crippen molar-refractivity contribution in [3.8, 4) is 0 Å². The van der Waals surface area contributed by atoms with Gasteiger partial charge >= 0.3 is 0 Å². The molecule has 1 rings (SSSR count). The minimum absolute atomic E-state index is 0.753. The molecule has 1 aromatic rings. The van der Waals surface area contributed by atoms with Crippen molar-refractivity contribution in [1.82, 2.24) is 4.98 Å². The molecular weight excluding hydrogens is 174 g/mol. The second-order valence-electron chi connectivity index (χ2n) is 2.53. The van der Waals surface area contributed by atoms with Gasteiger partial charge in [-0.1, -0.05) is 18.7 Å². The summed E-state index contributed by atoms with van der Waals surface area (Å²) in [6, 6.07) is 5.67. The fourth-order valence-corrected chi connectivity index (χ4v) is 0.880. The van der Waals surface area contributed by atoms with Gasteiger partial charge in [-0.25, -0.2) is 9.98 Å². The van der Waals surface area contributed by atoms with Gasteiger partial charge in [0.25, 0.3) is 0 Å². The quantitative estimate of drug-likeness (QED) is 0.736. The lowest BCUT2D eigenvalue weighted by molar-refractivity contribution is 1.22. The molecule has 1 aromatic heterocycles. The number of nitrogens with one attached hydrogen (secondary N) is 1. The molecule has 0 saturated carbocycles. The largest absolute Gasteiger partial charge is 0.325 e. The normalized spacial score (nSPS) is 11.6. The van der Waals surface area contributed by atoms with Crippen molar-refractivity contribution in [3.05, 3.63) is 48.9 Å². The first-order valence-electron chi connectivity index (χ1n) is 4.36. The van der Waals surface area contributed by atoms with Crippen molar-refractivity contribution in [2.24, 2.45) is 4.99 Å². The first-order valence-corrected chi connectivity index (χ1v) is 4.36. The smallest absolute Gasteiger partial charge is 0.131 e. The van der Waals surface area contributed by atoms with Crippen molar-refractivity contribution in [3.63, 3.8) is 0 Å². The highest BCUT2D eigenvalue weighted by Gasteiger charge is 1.92. The third-order valence-corrected chi connectivity index (χ3v) is 1.51. The predicted octanol–water partition coefficient (Wildman–Crippen LogP) is 2.61. The summed E-state index contributed by atoms with van der Waals surface area (Å²) in [5.41, 5.74) is 0. The summed E-state index contributed by atoms with van der Waals surface area (Å²) in [5, 5.41) is 3.07. The fraction of sp³-hybridized carbons (Fsp3) is 0.0909. The molecule has 0 fully saturated rings. The minimum atomic E-state index is 0.753. The maximum Gasteiger partial charge on any atom is 0.131 e. The van der Waals surface area contributed by atoms with Crippen LogP contribution in [0.15, 0.2) is 53.9 Å². The van der Waals surface area contributed by atoms with Crippen molar-refractivity contribution >= 4 is 12.0 Å². The maximum absolute atomic E-state index is 4.12. The zero-order valence-corrected chi connectivity index (χ0v) is 8.14. The maximum atomic E-state index is 4.12. The summed E-state index contributed by atoms with van der Waals surface area (Å²) in [6.07, 6.45) is 6.86. The molecule has 0 aliphatic rings. The average Bonchev–Trinajstić information content (AvgIpc) is 2.25. The molecule has 0 bridgehead atoms. The Hall–Kier alpha value is -1.90. The van der Waals surface area contributed by atoms with Gasteiger partial charge in [0.1, 0.15) is 11.6 Å². The number of aliphatic imine (C=N–C) groups is 1. The molecule has 0 radical (unpaired) electrons. The number of hydrogen-bond acceptors (Lipinski definition) is 3. The van der Waals surface area contributed by atoms with Crippen LogP contribution in [0.1, 0.15) is 6.92 Å². The summed E-state index contributed by atoms with van der Waals surface area (Å²) in [6.45, 7) is 5.46. The second kappa shape index (κ2) is 5.70. The van der Waals surface area contributed by atoms with E-state index in [1.165, 1.54) is 0 Å². The Kier molecular flexibility index (Phi) is 4.14. The Balaban J connectivity index is 2.67. The van der Waals surface area contributed by atoms with Gasteiger partial charge in [-0.2, -0.15) is 0 Å². The molecule has 72 valence electrons. The molecule has 14 heavy (non-hydrogen) atoms. The van der Waals surface area contributed by atoms with E-state index in [9.17, 15) is 0 Å². The molecule has 0 aliphatic carbocycles. The number of anilines is 1. The highest BCUT2D eigenvalue weighted by molar-refractivity contribution is 5.71. The van der Waals surface area contributed by atoms with Crippen molar-refractivity contribution in [1.29, 1.82) is 0 Å². The molecular formula is C11H13N3. The van der Waals surface area contributed by atoms with Crippen LogP contribution in [-0.2, 0) is 0 Å². The van der Waals surface area contributed by atoms with E-state index in [0.29, 0.717) is 0 Å². The van der Waals surface area contributed by atoms with Gasteiger partial charge in [-0.15, -0.1) is 0 Å². The minimum Gasteiger partial charge on any atom is -0.325 e. The van der Waals surface area contributed by atoms with E-state index in [0.717, 1.165) is 11.6 Å².